The van der Waals surface area contributed by atoms with Crippen molar-refractivity contribution in [2.24, 2.45) is 0 Å². The maximum atomic E-state index is 13.0. The van der Waals surface area contributed by atoms with Gasteiger partial charge < -0.3 is 10.2 Å². The Bertz CT molecular complexity index is 732. The van der Waals surface area contributed by atoms with Crippen LogP contribution in [-0.4, -0.2) is 23.3 Å². The van der Waals surface area contributed by atoms with Crippen molar-refractivity contribution >= 4 is 23.4 Å². The number of rotatable bonds is 9. The number of carbonyl (C=O) groups excluding carboxylic acids is 2. The maximum absolute atomic E-state index is 13.0. The Morgan fingerprint density at radius 1 is 1.04 bits per heavy atom. The molecule has 0 spiro atoms. The number of hydrogen-bond acceptors (Lipinski definition) is 2. The minimum absolute atomic E-state index is 0.0653. The predicted molar refractivity (Wildman–Crippen MR) is 109 cm³/mol. The van der Waals surface area contributed by atoms with Crippen molar-refractivity contribution in [2.75, 3.05) is 6.54 Å². The molecule has 2 aromatic rings. The van der Waals surface area contributed by atoms with E-state index in [1.807, 2.05) is 49.4 Å². The van der Waals surface area contributed by atoms with Gasteiger partial charge in [0.05, 0.1) is 0 Å². The largest absolute Gasteiger partial charge is 0.354 e. The summed E-state index contributed by atoms with van der Waals surface area (Å²) in [5.41, 5.74) is 1.74. The van der Waals surface area contributed by atoms with E-state index in [0.29, 0.717) is 24.5 Å². The number of nitrogens with zero attached hydrogens (tertiary/aromatic N) is 1. The van der Waals surface area contributed by atoms with Crippen molar-refractivity contribution in [1.29, 1.82) is 0 Å². The van der Waals surface area contributed by atoms with Crippen LogP contribution in [0.3, 0.4) is 0 Å². The maximum Gasteiger partial charge on any atom is 0.247 e. The summed E-state index contributed by atoms with van der Waals surface area (Å²) in [6, 6.07) is 16.2. The third kappa shape index (κ3) is 6.10. The van der Waals surface area contributed by atoms with Gasteiger partial charge in [0.2, 0.25) is 11.8 Å². The zero-order valence-corrected chi connectivity index (χ0v) is 16.7. The summed E-state index contributed by atoms with van der Waals surface area (Å²) in [7, 11) is 0. The van der Waals surface area contributed by atoms with Gasteiger partial charge in [-0.1, -0.05) is 74.3 Å². The van der Waals surface area contributed by atoms with Gasteiger partial charge in [-0.25, -0.2) is 0 Å². The van der Waals surface area contributed by atoms with E-state index < -0.39 is 6.04 Å². The summed E-state index contributed by atoms with van der Waals surface area (Å²) in [4.78, 5) is 27.4. The molecule has 5 heteroatoms. The summed E-state index contributed by atoms with van der Waals surface area (Å²) in [6.45, 7) is 4.85. The standard InChI is InChI=1S/C22H27ClN2O2/c1-3-5-15-24-22(27)21(18-9-7-6-8-10-18)25(20(26)4-2)16-17-11-13-19(23)14-12-17/h6-14,21H,3-5,15-16H2,1-2H3,(H,24,27). The molecule has 2 aromatic carbocycles. The van der Waals surface area contributed by atoms with Crippen molar-refractivity contribution in [3.8, 4) is 0 Å². The molecule has 0 fully saturated rings. The second-order valence-corrected chi connectivity index (χ2v) is 6.90. The Morgan fingerprint density at radius 2 is 1.70 bits per heavy atom. The molecule has 0 aliphatic rings. The summed E-state index contributed by atoms with van der Waals surface area (Å²) >= 11 is 5.97. The SMILES string of the molecule is CCCCNC(=O)C(c1ccccc1)N(Cc1ccc(Cl)cc1)C(=O)CC. The second-order valence-electron chi connectivity index (χ2n) is 6.46. The second kappa shape index (κ2) is 10.7. The Balaban J connectivity index is 2.35. The van der Waals surface area contributed by atoms with Gasteiger partial charge in [0, 0.05) is 24.5 Å². The van der Waals surface area contributed by atoms with Gasteiger partial charge in [-0.15, -0.1) is 0 Å². The van der Waals surface area contributed by atoms with Crippen LogP contribution in [0.25, 0.3) is 0 Å². The zero-order chi connectivity index (χ0) is 19.6. The van der Waals surface area contributed by atoms with Gasteiger partial charge in [-0.2, -0.15) is 0 Å². The molecule has 0 aliphatic carbocycles. The molecule has 144 valence electrons. The van der Waals surface area contributed by atoms with E-state index in [1.54, 1.807) is 17.0 Å². The molecule has 27 heavy (non-hydrogen) atoms. The number of nitrogens with one attached hydrogen (secondary N) is 1. The lowest BCUT2D eigenvalue weighted by atomic mass is 10.0. The van der Waals surface area contributed by atoms with Crippen molar-refractivity contribution in [3.63, 3.8) is 0 Å². The van der Waals surface area contributed by atoms with Crippen molar-refractivity contribution < 1.29 is 9.59 Å². The van der Waals surface area contributed by atoms with Gasteiger partial charge >= 0.3 is 0 Å². The van der Waals surface area contributed by atoms with Gasteiger partial charge in [-0.05, 0) is 29.7 Å². The van der Waals surface area contributed by atoms with Crippen LogP contribution in [0.15, 0.2) is 54.6 Å². The first-order chi connectivity index (χ1) is 13.1. The molecule has 1 atom stereocenters. The Morgan fingerprint density at radius 3 is 2.30 bits per heavy atom. The average Bonchev–Trinajstić information content (AvgIpc) is 2.69. The minimum Gasteiger partial charge on any atom is -0.354 e. The molecule has 0 heterocycles. The Hall–Kier alpha value is -2.33. The van der Waals surface area contributed by atoms with Crippen LogP contribution in [0.5, 0.6) is 0 Å². The molecule has 2 amide bonds. The van der Waals surface area contributed by atoms with Crippen LogP contribution in [0.2, 0.25) is 5.02 Å². The van der Waals surface area contributed by atoms with Crippen molar-refractivity contribution in [2.45, 2.75) is 45.7 Å². The number of benzene rings is 2. The van der Waals surface area contributed by atoms with E-state index in [9.17, 15) is 9.59 Å². The molecular weight excluding hydrogens is 360 g/mol. The highest BCUT2D eigenvalue weighted by molar-refractivity contribution is 6.30. The molecule has 0 aromatic heterocycles. The van der Waals surface area contributed by atoms with Gasteiger partial charge in [0.1, 0.15) is 6.04 Å². The highest BCUT2D eigenvalue weighted by Crippen LogP contribution is 2.25. The highest BCUT2D eigenvalue weighted by Gasteiger charge is 2.30. The van der Waals surface area contributed by atoms with E-state index in [-0.39, 0.29) is 11.8 Å². The Labute approximate surface area is 166 Å². The lowest BCUT2D eigenvalue weighted by molar-refractivity contribution is -0.141. The monoisotopic (exact) mass is 386 g/mol. The van der Waals surface area contributed by atoms with Gasteiger partial charge in [0.25, 0.3) is 0 Å². The van der Waals surface area contributed by atoms with Crippen LogP contribution in [-0.2, 0) is 16.1 Å². The third-order valence-corrected chi connectivity index (χ3v) is 4.65. The molecular formula is C22H27ClN2O2. The summed E-state index contributed by atoms with van der Waals surface area (Å²) < 4.78 is 0. The quantitative estimate of drug-likeness (QED) is 0.633. The van der Waals surface area contributed by atoms with Crippen LogP contribution in [0.1, 0.15) is 50.3 Å². The van der Waals surface area contributed by atoms with Gasteiger partial charge in [0.15, 0.2) is 0 Å². The van der Waals surface area contributed by atoms with E-state index in [1.165, 1.54) is 0 Å². The molecule has 1 unspecified atom stereocenters. The smallest absolute Gasteiger partial charge is 0.247 e. The molecule has 2 rings (SSSR count). The van der Waals surface area contributed by atoms with Crippen LogP contribution in [0, 0.1) is 0 Å². The van der Waals surface area contributed by atoms with Crippen LogP contribution < -0.4 is 5.32 Å². The number of unbranched alkanes of at least 4 members (excludes halogenated alkanes) is 1. The third-order valence-electron chi connectivity index (χ3n) is 4.39. The first-order valence-electron chi connectivity index (χ1n) is 9.43. The molecule has 0 aliphatic heterocycles. The lowest BCUT2D eigenvalue weighted by Crippen LogP contribution is -2.43. The van der Waals surface area contributed by atoms with Crippen molar-refractivity contribution in [1.82, 2.24) is 10.2 Å². The van der Waals surface area contributed by atoms with Crippen LogP contribution in [0.4, 0.5) is 0 Å². The molecule has 0 saturated heterocycles. The first kappa shape index (κ1) is 21.0. The number of carbonyl (C=O) groups is 2. The molecule has 4 nitrogen and oxygen atoms in total. The van der Waals surface area contributed by atoms with Gasteiger partial charge in [-0.3, -0.25) is 9.59 Å². The molecule has 0 bridgehead atoms. The van der Waals surface area contributed by atoms with E-state index in [2.05, 4.69) is 12.2 Å². The fourth-order valence-electron chi connectivity index (χ4n) is 2.91. The van der Waals surface area contributed by atoms with E-state index >= 15 is 0 Å². The topological polar surface area (TPSA) is 49.4 Å². The van der Waals surface area contributed by atoms with E-state index in [0.717, 1.165) is 24.0 Å². The summed E-state index contributed by atoms with van der Waals surface area (Å²) in [5.74, 6) is -0.213. The van der Waals surface area contributed by atoms with Crippen molar-refractivity contribution in [3.05, 3.63) is 70.7 Å². The Kier molecular flexibility index (Phi) is 8.34. The number of hydrogen-bond donors (Lipinski definition) is 1. The fraction of sp³-hybridized carbons (Fsp3) is 0.364. The molecule has 0 saturated carbocycles. The summed E-state index contributed by atoms with van der Waals surface area (Å²) in [6.07, 6.45) is 2.24. The summed E-state index contributed by atoms with van der Waals surface area (Å²) in [5, 5.41) is 3.63. The minimum atomic E-state index is -0.661. The van der Waals surface area contributed by atoms with E-state index in [4.69, 9.17) is 11.6 Å². The highest BCUT2D eigenvalue weighted by atomic mass is 35.5. The molecule has 1 N–H and O–H groups in total. The zero-order valence-electron chi connectivity index (χ0n) is 16.0. The normalized spacial score (nSPS) is 11.7. The first-order valence-corrected chi connectivity index (χ1v) is 9.81. The predicted octanol–water partition coefficient (Wildman–Crippen LogP) is 4.74. The lowest BCUT2D eigenvalue weighted by Gasteiger charge is -2.31. The number of halogens is 1. The molecule has 0 radical (unpaired) electrons. The fourth-order valence-corrected chi connectivity index (χ4v) is 3.03. The average molecular weight is 387 g/mol. The number of amides is 2. The van der Waals surface area contributed by atoms with Crippen LogP contribution >= 0.6 is 11.6 Å².